The highest BCUT2D eigenvalue weighted by Crippen LogP contribution is 2.17. The fourth-order valence-electron chi connectivity index (χ4n) is 1.63. The Hall–Kier alpha value is -2.06. The van der Waals surface area contributed by atoms with E-state index in [9.17, 15) is 4.79 Å². The Bertz CT molecular complexity index is 640. The normalized spacial score (nSPS) is 9.83. The van der Waals surface area contributed by atoms with Crippen molar-refractivity contribution in [3.05, 3.63) is 52.3 Å². The van der Waals surface area contributed by atoms with Crippen molar-refractivity contribution in [2.24, 2.45) is 7.05 Å². The quantitative estimate of drug-likeness (QED) is 0.927. The van der Waals surface area contributed by atoms with Crippen LogP contribution in [0.4, 0.5) is 5.69 Å². The van der Waals surface area contributed by atoms with Gasteiger partial charge in [0.2, 0.25) is 0 Å². The Labute approximate surface area is 113 Å². The number of aromatic nitrogens is 1. The molecule has 0 atom stereocenters. The highest BCUT2D eigenvalue weighted by Gasteiger charge is 2.12. The van der Waals surface area contributed by atoms with Crippen molar-refractivity contribution in [2.75, 3.05) is 5.32 Å². The molecular formula is C13H10BrN3O. The molecule has 0 saturated carbocycles. The first-order valence-corrected chi connectivity index (χ1v) is 6.03. The van der Waals surface area contributed by atoms with Crippen LogP contribution >= 0.6 is 15.9 Å². The van der Waals surface area contributed by atoms with Crippen molar-refractivity contribution in [2.45, 2.75) is 0 Å². The van der Waals surface area contributed by atoms with Crippen molar-refractivity contribution < 1.29 is 4.79 Å². The lowest BCUT2D eigenvalue weighted by Crippen LogP contribution is -2.15. The lowest BCUT2D eigenvalue weighted by molar-refractivity contribution is 0.101. The van der Waals surface area contributed by atoms with Crippen LogP contribution in [0.15, 0.2) is 41.0 Å². The van der Waals surface area contributed by atoms with Crippen molar-refractivity contribution in [1.29, 1.82) is 5.26 Å². The Kier molecular flexibility index (Phi) is 3.49. The maximum absolute atomic E-state index is 12.1. The predicted molar refractivity (Wildman–Crippen MR) is 72.2 cm³/mol. The molecule has 0 radical (unpaired) electrons. The maximum atomic E-state index is 12.1. The molecule has 0 unspecified atom stereocenters. The highest BCUT2D eigenvalue weighted by molar-refractivity contribution is 9.10. The second-order valence-corrected chi connectivity index (χ2v) is 4.68. The summed E-state index contributed by atoms with van der Waals surface area (Å²) >= 11 is 3.31. The molecule has 2 aromatic rings. The molecule has 4 nitrogen and oxygen atoms in total. The number of halogens is 1. The molecule has 18 heavy (non-hydrogen) atoms. The zero-order chi connectivity index (χ0) is 13.1. The molecule has 1 amide bonds. The van der Waals surface area contributed by atoms with Gasteiger partial charge in [-0.15, -0.1) is 0 Å². The summed E-state index contributed by atoms with van der Waals surface area (Å²) in [5.74, 6) is -0.245. The van der Waals surface area contributed by atoms with Gasteiger partial charge >= 0.3 is 0 Å². The van der Waals surface area contributed by atoms with Gasteiger partial charge in [0.1, 0.15) is 11.8 Å². The second kappa shape index (κ2) is 5.07. The van der Waals surface area contributed by atoms with Gasteiger partial charge in [0.25, 0.3) is 5.91 Å². The number of anilines is 1. The van der Waals surface area contributed by atoms with E-state index in [1.165, 1.54) is 0 Å². The van der Waals surface area contributed by atoms with Gasteiger partial charge in [-0.1, -0.05) is 12.1 Å². The monoisotopic (exact) mass is 303 g/mol. The topological polar surface area (TPSA) is 57.8 Å². The van der Waals surface area contributed by atoms with Gasteiger partial charge in [0.05, 0.1) is 11.3 Å². The molecule has 0 aliphatic carbocycles. The zero-order valence-electron chi connectivity index (χ0n) is 9.64. The molecule has 0 aliphatic heterocycles. The Morgan fingerprint density at radius 1 is 1.44 bits per heavy atom. The second-order valence-electron chi connectivity index (χ2n) is 3.77. The minimum Gasteiger partial charge on any atom is -0.345 e. The fourth-order valence-corrected chi connectivity index (χ4v) is 2.15. The van der Waals surface area contributed by atoms with Gasteiger partial charge < -0.3 is 9.88 Å². The van der Waals surface area contributed by atoms with E-state index >= 15 is 0 Å². The van der Waals surface area contributed by atoms with Crippen molar-refractivity contribution >= 4 is 27.5 Å². The van der Waals surface area contributed by atoms with Crippen LogP contribution in [0, 0.1) is 11.3 Å². The lowest BCUT2D eigenvalue weighted by atomic mass is 10.2. The van der Waals surface area contributed by atoms with E-state index in [1.807, 2.05) is 6.07 Å². The third-order valence-electron chi connectivity index (χ3n) is 2.50. The van der Waals surface area contributed by atoms with Crippen LogP contribution < -0.4 is 5.32 Å². The minimum absolute atomic E-state index is 0.245. The number of benzene rings is 1. The van der Waals surface area contributed by atoms with Gasteiger partial charge in [0, 0.05) is 17.7 Å². The summed E-state index contributed by atoms with van der Waals surface area (Å²) in [5.41, 5.74) is 1.48. The summed E-state index contributed by atoms with van der Waals surface area (Å²) in [4.78, 5) is 12.1. The largest absolute Gasteiger partial charge is 0.345 e. The molecule has 1 N–H and O–H groups in total. The smallest absolute Gasteiger partial charge is 0.272 e. The minimum atomic E-state index is -0.245. The summed E-state index contributed by atoms with van der Waals surface area (Å²) in [5, 5.41) is 11.7. The first-order chi connectivity index (χ1) is 8.61. The molecule has 5 heteroatoms. The van der Waals surface area contributed by atoms with E-state index in [4.69, 9.17) is 5.26 Å². The number of nitriles is 1. The molecule has 1 heterocycles. The Morgan fingerprint density at radius 3 is 2.78 bits per heavy atom. The summed E-state index contributed by atoms with van der Waals surface area (Å²) in [6.07, 6.45) is 1.80. The van der Waals surface area contributed by atoms with Crippen LogP contribution in [-0.2, 0) is 7.05 Å². The van der Waals surface area contributed by atoms with Gasteiger partial charge in [-0.25, -0.2) is 0 Å². The zero-order valence-corrected chi connectivity index (χ0v) is 11.2. The predicted octanol–water partition coefficient (Wildman–Crippen LogP) is 2.91. The first kappa shape index (κ1) is 12.4. The molecule has 90 valence electrons. The Morgan fingerprint density at radius 2 is 2.17 bits per heavy atom. The third kappa shape index (κ3) is 2.44. The summed E-state index contributed by atoms with van der Waals surface area (Å²) < 4.78 is 2.55. The number of hydrogen-bond donors (Lipinski definition) is 1. The van der Waals surface area contributed by atoms with E-state index in [-0.39, 0.29) is 5.91 Å². The summed E-state index contributed by atoms with van der Waals surface area (Å²) in [7, 11) is 1.79. The molecule has 0 spiro atoms. The summed E-state index contributed by atoms with van der Waals surface area (Å²) in [6.45, 7) is 0. The number of hydrogen-bond acceptors (Lipinski definition) is 2. The van der Waals surface area contributed by atoms with Crippen molar-refractivity contribution in [3.63, 3.8) is 0 Å². The number of carbonyl (C=O) groups is 1. The van der Waals surface area contributed by atoms with E-state index in [0.717, 1.165) is 4.47 Å². The van der Waals surface area contributed by atoms with Gasteiger partial charge in [0.15, 0.2) is 0 Å². The molecular weight excluding hydrogens is 294 g/mol. The van der Waals surface area contributed by atoms with Crippen LogP contribution in [0.1, 0.15) is 16.1 Å². The molecule has 1 aromatic carbocycles. The van der Waals surface area contributed by atoms with Crippen LogP contribution in [0.5, 0.6) is 0 Å². The number of nitrogens with zero attached hydrogens (tertiary/aromatic N) is 2. The number of carbonyl (C=O) groups excluding carboxylic acids is 1. The number of nitrogens with one attached hydrogen (secondary N) is 1. The Balaban J connectivity index is 2.27. The van der Waals surface area contributed by atoms with Crippen molar-refractivity contribution in [3.8, 4) is 6.07 Å². The number of amides is 1. The number of para-hydroxylation sites is 1. The highest BCUT2D eigenvalue weighted by atomic mass is 79.9. The van der Waals surface area contributed by atoms with Crippen LogP contribution in [0.2, 0.25) is 0 Å². The SMILES string of the molecule is Cn1cc(Br)cc1C(=O)Nc1ccccc1C#N. The third-order valence-corrected chi connectivity index (χ3v) is 2.93. The van der Waals surface area contributed by atoms with E-state index in [0.29, 0.717) is 16.9 Å². The molecule has 0 aliphatic rings. The van der Waals surface area contributed by atoms with Crippen LogP contribution in [0.3, 0.4) is 0 Å². The van der Waals surface area contributed by atoms with Gasteiger partial charge in [-0.05, 0) is 34.1 Å². The molecule has 0 bridgehead atoms. The van der Waals surface area contributed by atoms with Crippen LogP contribution in [-0.4, -0.2) is 10.5 Å². The number of aryl methyl sites for hydroxylation is 1. The van der Waals surface area contributed by atoms with E-state index < -0.39 is 0 Å². The van der Waals surface area contributed by atoms with E-state index in [1.54, 1.807) is 48.1 Å². The number of rotatable bonds is 2. The molecule has 1 aromatic heterocycles. The van der Waals surface area contributed by atoms with Gasteiger partial charge in [-0.3, -0.25) is 4.79 Å². The average molecular weight is 304 g/mol. The fraction of sp³-hybridized carbons (Fsp3) is 0.0769. The van der Waals surface area contributed by atoms with Gasteiger partial charge in [-0.2, -0.15) is 5.26 Å². The molecule has 0 saturated heterocycles. The van der Waals surface area contributed by atoms with E-state index in [2.05, 4.69) is 21.2 Å². The maximum Gasteiger partial charge on any atom is 0.272 e. The van der Waals surface area contributed by atoms with Crippen LogP contribution in [0.25, 0.3) is 0 Å². The van der Waals surface area contributed by atoms with Crippen molar-refractivity contribution in [1.82, 2.24) is 4.57 Å². The average Bonchev–Trinajstić information content (AvgIpc) is 2.69. The standard InChI is InChI=1S/C13H10BrN3O/c1-17-8-10(14)6-12(17)13(18)16-11-5-3-2-4-9(11)7-15/h2-6,8H,1H3,(H,16,18). The first-order valence-electron chi connectivity index (χ1n) is 5.24. The molecule has 2 rings (SSSR count). The molecule has 0 fully saturated rings. The summed E-state index contributed by atoms with van der Waals surface area (Å²) in [6, 6.07) is 10.7. The lowest BCUT2D eigenvalue weighted by Gasteiger charge is -2.07.